The molecule has 0 saturated carbocycles. The molecular weight excluding hydrogens is 462 g/mol. The van der Waals surface area contributed by atoms with E-state index in [1.807, 2.05) is 22.9 Å². The van der Waals surface area contributed by atoms with E-state index in [2.05, 4.69) is 66.3 Å². The van der Waals surface area contributed by atoms with Gasteiger partial charge in [0.2, 0.25) is 0 Å². The van der Waals surface area contributed by atoms with E-state index >= 15 is 0 Å². The van der Waals surface area contributed by atoms with Crippen molar-refractivity contribution in [1.29, 1.82) is 0 Å². The fraction of sp³-hybridized carbons (Fsp3) is 0.167. The van der Waals surface area contributed by atoms with E-state index in [0.717, 1.165) is 64.3 Å². The number of carbonyl (C=O) groups is 1. The molecule has 0 aliphatic heterocycles. The Hall–Kier alpha value is -4.49. The molecule has 7 heteroatoms. The SMILES string of the molecule is CCn1cc2c(n1)CCc1c-2nn(Cc2ccc(-c3cccc(C(=O)NO)c3)cc2)c1-c1ccccc1. The minimum Gasteiger partial charge on any atom is -0.288 e. The van der Waals surface area contributed by atoms with Gasteiger partial charge in [0.05, 0.1) is 23.6 Å². The summed E-state index contributed by atoms with van der Waals surface area (Å²) in [7, 11) is 0. The van der Waals surface area contributed by atoms with Crippen LogP contribution in [0.5, 0.6) is 0 Å². The Morgan fingerprint density at radius 2 is 1.70 bits per heavy atom. The van der Waals surface area contributed by atoms with Crippen LogP contribution in [-0.4, -0.2) is 30.7 Å². The number of amides is 1. The van der Waals surface area contributed by atoms with Crippen LogP contribution in [0.4, 0.5) is 0 Å². The largest absolute Gasteiger partial charge is 0.288 e. The third-order valence-corrected chi connectivity index (χ3v) is 6.97. The van der Waals surface area contributed by atoms with Gasteiger partial charge in [-0.3, -0.25) is 19.4 Å². The van der Waals surface area contributed by atoms with Crippen molar-refractivity contribution in [3.63, 3.8) is 0 Å². The Kier molecular flexibility index (Phi) is 5.90. The molecular formula is C30H27N5O2. The minimum absolute atomic E-state index is 0.407. The van der Waals surface area contributed by atoms with Crippen molar-refractivity contribution in [2.75, 3.05) is 0 Å². The van der Waals surface area contributed by atoms with Gasteiger partial charge in [-0.05, 0) is 48.6 Å². The summed E-state index contributed by atoms with van der Waals surface area (Å²) in [5, 5.41) is 18.8. The smallest absolute Gasteiger partial charge is 0.274 e. The van der Waals surface area contributed by atoms with E-state index in [-0.39, 0.29) is 0 Å². The number of rotatable bonds is 6. The highest BCUT2D eigenvalue weighted by atomic mass is 16.5. The molecule has 3 aromatic carbocycles. The lowest BCUT2D eigenvalue weighted by Crippen LogP contribution is -2.18. The van der Waals surface area contributed by atoms with Crippen LogP contribution in [0.25, 0.3) is 33.6 Å². The van der Waals surface area contributed by atoms with E-state index in [1.54, 1.807) is 17.6 Å². The molecule has 0 fully saturated rings. The summed E-state index contributed by atoms with van der Waals surface area (Å²) in [6.07, 6.45) is 3.96. The number of fused-ring (bicyclic) bond motifs is 3. The second-order valence-electron chi connectivity index (χ2n) is 9.26. The summed E-state index contributed by atoms with van der Waals surface area (Å²) >= 11 is 0. The predicted octanol–water partition coefficient (Wildman–Crippen LogP) is 5.37. The Morgan fingerprint density at radius 3 is 2.46 bits per heavy atom. The van der Waals surface area contributed by atoms with Gasteiger partial charge in [0.15, 0.2) is 0 Å². The Bertz CT molecular complexity index is 1580. The van der Waals surface area contributed by atoms with Crippen LogP contribution in [0, 0.1) is 0 Å². The first-order chi connectivity index (χ1) is 18.1. The average molecular weight is 490 g/mol. The van der Waals surface area contributed by atoms with Crippen LogP contribution in [0.2, 0.25) is 0 Å². The number of hydrogen-bond acceptors (Lipinski definition) is 4. The summed E-state index contributed by atoms with van der Waals surface area (Å²) in [6.45, 7) is 3.59. The molecule has 0 unspecified atom stereocenters. The van der Waals surface area contributed by atoms with Crippen LogP contribution in [-0.2, 0) is 25.9 Å². The summed E-state index contributed by atoms with van der Waals surface area (Å²) in [5.41, 5.74) is 12.1. The molecule has 1 amide bonds. The first kappa shape index (κ1) is 22.9. The third kappa shape index (κ3) is 4.23. The fourth-order valence-electron chi connectivity index (χ4n) is 5.12. The first-order valence-corrected chi connectivity index (χ1v) is 12.5. The number of benzene rings is 3. The molecule has 0 saturated heterocycles. The van der Waals surface area contributed by atoms with Gasteiger partial charge in [0.25, 0.3) is 5.91 Å². The normalized spacial score (nSPS) is 12.2. The number of hydrogen-bond donors (Lipinski definition) is 2. The van der Waals surface area contributed by atoms with Crippen molar-refractivity contribution in [2.45, 2.75) is 32.9 Å². The number of hydroxylamine groups is 1. The van der Waals surface area contributed by atoms with Crippen molar-refractivity contribution in [3.8, 4) is 33.6 Å². The average Bonchev–Trinajstić information content (AvgIpc) is 3.54. The molecule has 7 nitrogen and oxygen atoms in total. The van der Waals surface area contributed by atoms with Crippen LogP contribution in [0.1, 0.15) is 34.1 Å². The highest BCUT2D eigenvalue weighted by Gasteiger charge is 2.27. The van der Waals surface area contributed by atoms with Crippen molar-refractivity contribution < 1.29 is 10.0 Å². The monoisotopic (exact) mass is 489 g/mol. The second-order valence-corrected chi connectivity index (χ2v) is 9.26. The topological polar surface area (TPSA) is 85.0 Å². The molecule has 2 heterocycles. The van der Waals surface area contributed by atoms with Crippen molar-refractivity contribution in [3.05, 3.63) is 107 Å². The molecule has 37 heavy (non-hydrogen) atoms. The summed E-state index contributed by atoms with van der Waals surface area (Å²) in [6, 6.07) is 26.0. The second kappa shape index (κ2) is 9.52. The van der Waals surface area contributed by atoms with Crippen molar-refractivity contribution in [2.24, 2.45) is 0 Å². The minimum atomic E-state index is -0.526. The molecule has 0 atom stereocenters. The Labute approximate surface area is 215 Å². The zero-order chi connectivity index (χ0) is 25.4. The zero-order valence-corrected chi connectivity index (χ0v) is 20.6. The molecule has 2 N–H and O–H groups in total. The number of aryl methyl sites for hydroxylation is 2. The van der Waals surface area contributed by atoms with Gasteiger partial charge in [0.1, 0.15) is 0 Å². The van der Waals surface area contributed by atoms with E-state index in [0.29, 0.717) is 12.1 Å². The fourth-order valence-corrected chi connectivity index (χ4v) is 5.12. The van der Waals surface area contributed by atoms with Gasteiger partial charge >= 0.3 is 0 Å². The lowest BCUT2D eigenvalue weighted by molar-refractivity contribution is 0.0706. The van der Waals surface area contributed by atoms with E-state index in [9.17, 15) is 4.79 Å². The van der Waals surface area contributed by atoms with Crippen LogP contribution < -0.4 is 5.48 Å². The number of nitrogens with one attached hydrogen (secondary N) is 1. The molecule has 1 aliphatic rings. The maximum atomic E-state index is 11.8. The van der Waals surface area contributed by atoms with E-state index < -0.39 is 5.91 Å². The summed E-state index contributed by atoms with van der Waals surface area (Å²) in [5.74, 6) is -0.526. The molecule has 0 bridgehead atoms. The lowest BCUT2D eigenvalue weighted by Gasteiger charge is -2.13. The lowest BCUT2D eigenvalue weighted by atomic mass is 9.92. The molecule has 5 aromatic rings. The third-order valence-electron chi connectivity index (χ3n) is 6.97. The first-order valence-electron chi connectivity index (χ1n) is 12.5. The molecule has 6 rings (SSSR count). The van der Waals surface area contributed by atoms with Gasteiger partial charge in [-0.1, -0.05) is 66.7 Å². The van der Waals surface area contributed by atoms with E-state index in [4.69, 9.17) is 15.4 Å². The molecule has 2 aromatic heterocycles. The highest BCUT2D eigenvalue weighted by molar-refractivity contribution is 5.94. The zero-order valence-electron chi connectivity index (χ0n) is 20.6. The Morgan fingerprint density at radius 1 is 0.919 bits per heavy atom. The van der Waals surface area contributed by atoms with Gasteiger partial charge in [-0.2, -0.15) is 10.2 Å². The van der Waals surface area contributed by atoms with Crippen molar-refractivity contribution in [1.82, 2.24) is 25.0 Å². The standard InChI is InChI=1S/C30H27N5O2/c1-2-34-19-26-27(31-34)16-15-25-28(26)32-35(29(25)22-7-4-3-5-8-22)18-20-11-13-21(14-12-20)23-9-6-10-24(17-23)30(36)33-37/h3-14,17,19,37H,2,15-16,18H2,1H3,(H,33,36). The van der Waals surface area contributed by atoms with Crippen molar-refractivity contribution >= 4 is 5.91 Å². The molecule has 184 valence electrons. The quantitative estimate of drug-likeness (QED) is 0.248. The molecule has 0 radical (unpaired) electrons. The molecule has 1 aliphatic carbocycles. The highest BCUT2D eigenvalue weighted by Crippen LogP contribution is 2.38. The number of carbonyl (C=O) groups excluding carboxylic acids is 1. The van der Waals surface area contributed by atoms with Crippen LogP contribution in [0.3, 0.4) is 0 Å². The van der Waals surface area contributed by atoms with Crippen LogP contribution in [0.15, 0.2) is 85.1 Å². The number of nitrogens with zero attached hydrogens (tertiary/aromatic N) is 4. The van der Waals surface area contributed by atoms with Gasteiger partial charge < -0.3 is 0 Å². The maximum absolute atomic E-state index is 11.8. The molecule has 0 spiro atoms. The number of aromatic nitrogens is 4. The summed E-state index contributed by atoms with van der Waals surface area (Å²) < 4.78 is 4.12. The maximum Gasteiger partial charge on any atom is 0.274 e. The Balaban J connectivity index is 1.36. The van der Waals surface area contributed by atoms with Crippen LogP contribution >= 0.6 is 0 Å². The predicted molar refractivity (Wildman–Crippen MR) is 142 cm³/mol. The van der Waals surface area contributed by atoms with Gasteiger partial charge in [-0.15, -0.1) is 0 Å². The van der Waals surface area contributed by atoms with Gasteiger partial charge in [-0.25, -0.2) is 5.48 Å². The van der Waals surface area contributed by atoms with Gasteiger partial charge in [0, 0.05) is 35.0 Å². The van der Waals surface area contributed by atoms with E-state index in [1.165, 1.54) is 5.56 Å². The summed E-state index contributed by atoms with van der Waals surface area (Å²) in [4.78, 5) is 11.8.